The van der Waals surface area contributed by atoms with E-state index < -0.39 is 10.8 Å². The van der Waals surface area contributed by atoms with Gasteiger partial charge in [-0.05, 0) is 31.9 Å². The van der Waals surface area contributed by atoms with Crippen LogP contribution in [0.3, 0.4) is 0 Å². The maximum absolute atomic E-state index is 11.7. The first-order valence-electron chi connectivity index (χ1n) is 4.54. The molecule has 0 heterocycles. The molecular weight excluding hydrogens is 208 g/mol. The molecule has 0 N–H and O–H groups in total. The van der Waals surface area contributed by atoms with Gasteiger partial charge in [-0.15, -0.1) is 0 Å². The predicted molar refractivity (Wildman–Crippen MR) is 60.9 cm³/mol. The number of hydrogen-bond acceptors (Lipinski definition) is 2. The van der Waals surface area contributed by atoms with E-state index >= 15 is 0 Å². The molecule has 1 rings (SSSR count). The van der Waals surface area contributed by atoms with Gasteiger partial charge in [-0.2, -0.15) is 0 Å². The normalized spacial score (nSPS) is 11.3. The monoisotopic (exact) mass is 220 g/mol. The number of carbonyl (C=O) groups excluding carboxylic acids is 1. The van der Waals surface area contributed by atoms with Gasteiger partial charge in [0.1, 0.15) is 0 Å². The fourth-order valence-corrected chi connectivity index (χ4v) is 1.98. The van der Waals surface area contributed by atoms with Crippen LogP contribution in [0.4, 0.5) is 0 Å². The van der Waals surface area contributed by atoms with Gasteiger partial charge in [0.15, 0.2) is 0 Å². The van der Waals surface area contributed by atoms with Crippen molar-refractivity contribution >= 4 is 16.6 Å². The smallest absolute Gasteiger partial charge is 0.218 e. The van der Waals surface area contributed by atoms with Crippen molar-refractivity contribution in [2.45, 2.75) is 18.7 Å². The molecule has 15 heavy (non-hydrogen) atoms. The summed E-state index contributed by atoms with van der Waals surface area (Å²) in [6.45, 7) is 3.55. The van der Waals surface area contributed by atoms with Crippen LogP contribution in [0.25, 0.3) is 0 Å². The summed E-state index contributed by atoms with van der Waals surface area (Å²) in [4.78, 5) is 11.8. The van der Waals surface area contributed by atoms with Crippen LogP contribution in [0.1, 0.15) is 12.5 Å². The van der Waals surface area contributed by atoms with Crippen molar-refractivity contribution in [3.63, 3.8) is 0 Å². The third-order valence-corrected chi connectivity index (χ3v) is 3.13. The van der Waals surface area contributed by atoms with E-state index in [-0.39, 0.29) is 11.5 Å². The molecule has 2 nitrogen and oxygen atoms in total. The molecule has 0 spiro atoms. The van der Waals surface area contributed by atoms with Gasteiger partial charge in [0, 0.05) is 4.90 Å². The fraction of sp³-hybridized carbons (Fsp3) is 0.250. The lowest BCUT2D eigenvalue weighted by molar-refractivity contribution is -0.111. The quantitative estimate of drug-likeness (QED) is 0.574. The van der Waals surface area contributed by atoms with E-state index in [9.17, 15) is 9.00 Å². The van der Waals surface area contributed by atoms with E-state index in [0.717, 1.165) is 5.56 Å². The Balaban J connectivity index is 2.72. The first kappa shape index (κ1) is 11.7. The molecule has 0 saturated carbocycles. The molecule has 1 aromatic carbocycles. The Hall–Kier alpha value is -1.40. The van der Waals surface area contributed by atoms with Gasteiger partial charge in [-0.25, -0.2) is 0 Å². The standard InChI is InChI=1S/C12H12O2S/c1-3-4-11(13)9-15(14)12-7-5-10(2)6-8-12/h5-8H,9H2,1-2H3. The van der Waals surface area contributed by atoms with E-state index in [2.05, 4.69) is 11.8 Å². The minimum absolute atomic E-state index is 0.0239. The summed E-state index contributed by atoms with van der Waals surface area (Å²) in [6.07, 6.45) is 0. The van der Waals surface area contributed by atoms with Crippen LogP contribution in [-0.2, 0) is 15.6 Å². The Kier molecular flexibility index (Phi) is 4.26. The average molecular weight is 220 g/mol. The summed E-state index contributed by atoms with van der Waals surface area (Å²) in [6, 6.07) is 7.31. The molecule has 0 aliphatic heterocycles. The molecule has 0 bridgehead atoms. The zero-order valence-electron chi connectivity index (χ0n) is 8.74. The number of aryl methyl sites for hydroxylation is 1. The maximum Gasteiger partial charge on any atom is 0.218 e. The van der Waals surface area contributed by atoms with Gasteiger partial charge in [0.25, 0.3) is 0 Å². The largest absolute Gasteiger partial charge is 0.284 e. The van der Waals surface area contributed by atoms with Gasteiger partial charge < -0.3 is 0 Å². The van der Waals surface area contributed by atoms with Gasteiger partial charge in [0.2, 0.25) is 5.78 Å². The lowest BCUT2D eigenvalue weighted by atomic mass is 10.2. The lowest BCUT2D eigenvalue weighted by Crippen LogP contribution is -2.08. The van der Waals surface area contributed by atoms with E-state index in [1.807, 2.05) is 19.1 Å². The first-order chi connectivity index (χ1) is 7.13. The Morgan fingerprint density at radius 1 is 1.33 bits per heavy atom. The Bertz CT molecular complexity index is 435. The molecule has 0 saturated heterocycles. The van der Waals surface area contributed by atoms with Crippen molar-refractivity contribution in [2.24, 2.45) is 0 Å². The third-order valence-electron chi connectivity index (χ3n) is 1.81. The molecule has 0 radical (unpaired) electrons. The number of ketones is 1. The zero-order valence-corrected chi connectivity index (χ0v) is 9.56. The fourth-order valence-electron chi connectivity index (χ4n) is 1.07. The topological polar surface area (TPSA) is 34.1 Å². The van der Waals surface area contributed by atoms with Gasteiger partial charge in [0.05, 0.1) is 16.6 Å². The highest BCUT2D eigenvalue weighted by molar-refractivity contribution is 7.85. The molecule has 1 unspecified atom stereocenters. The Labute approximate surface area is 92.2 Å². The zero-order chi connectivity index (χ0) is 11.3. The van der Waals surface area contributed by atoms with Gasteiger partial charge >= 0.3 is 0 Å². The highest BCUT2D eigenvalue weighted by Crippen LogP contribution is 2.08. The van der Waals surface area contributed by atoms with Crippen molar-refractivity contribution in [3.8, 4) is 11.8 Å². The highest BCUT2D eigenvalue weighted by Gasteiger charge is 2.07. The van der Waals surface area contributed by atoms with Crippen LogP contribution in [0.2, 0.25) is 0 Å². The third kappa shape index (κ3) is 3.69. The summed E-state index contributed by atoms with van der Waals surface area (Å²) in [5.41, 5.74) is 1.11. The molecular formula is C12H12O2S. The molecule has 0 aliphatic rings. The first-order valence-corrected chi connectivity index (χ1v) is 5.86. The number of rotatable bonds is 3. The molecule has 0 aliphatic carbocycles. The minimum Gasteiger partial charge on any atom is -0.284 e. The summed E-state index contributed by atoms with van der Waals surface area (Å²) in [5, 5.41) is 0. The molecule has 3 heteroatoms. The van der Waals surface area contributed by atoms with Crippen molar-refractivity contribution in [1.82, 2.24) is 0 Å². The van der Waals surface area contributed by atoms with Crippen LogP contribution in [-0.4, -0.2) is 15.7 Å². The summed E-state index contributed by atoms with van der Waals surface area (Å²) >= 11 is 0. The van der Waals surface area contributed by atoms with Crippen LogP contribution >= 0.6 is 0 Å². The molecule has 1 atom stereocenters. The van der Waals surface area contributed by atoms with Crippen LogP contribution in [0, 0.1) is 18.8 Å². The predicted octanol–water partition coefficient (Wildman–Crippen LogP) is 1.70. The molecule has 78 valence electrons. The average Bonchev–Trinajstić information content (AvgIpc) is 2.18. The summed E-state index contributed by atoms with van der Waals surface area (Å²) < 4.78 is 11.7. The van der Waals surface area contributed by atoms with E-state index in [1.165, 1.54) is 0 Å². The number of carbonyl (C=O) groups is 1. The molecule has 0 amide bonds. The van der Waals surface area contributed by atoms with Crippen molar-refractivity contribution < 1.29 is 9.00 Å². The summed E-state index contributed by atoms with van der Waals surface area (Å²) in [7, 11) is -1.28. The molecule has 0 aromatic heterocycles. The second-order valence-electron chi connectivity index (χ2n) is 3.10. The summed E-state index contributed by atoms with van der Waals surface area (Å²) in [5.74, 6) is 4.57. The van der Waals surface area contributed by atoms with Crippen LogP contribution in [0.5, 0.6) is 0 Å². The number of benzene rings is 1. The van der Waals surface area contributed by atoms with Crippen molar-refractivity contribution in [2.75, 3.05) is 5.75 Å². The van der Waals surface area contributed by atoms with E-state index in [4.69, 9.17) is 0 Å². The number of hydrogen-bond donors (Lipinski definition) is 0. The van der Waals surface area contributed by atoms with Crippen molar-refractivity contribution in [1.29, 1.82) is 0 Å². The van der Waals surface area contributed by atoms with Gasteiger partial charge in [-0.3, -0.25) is 9.00 Å². The highest BCUT2D eigenvalue weighted by atomic mass is 32.2. The van der Waals surface area contributed by atoms with E-state index in [1.54, 1.807) is 19.1 Å². The van der Waals surface area contributed by atoms with Crippen molar-refractivity contribution in [3.05, 3.63) is 29.8 Å². The van der Waals surface area contributed by atoms with E-state index in [0.29, 0.717) is 4.90 Å². The second-order valence-corrected chi connectivity index (χ2v) is 4.55. The van der Waals surface area contributed by atoms with Gasteiger partial charge in [-0.1, -0.05) is 23.6 Å². The van der Waals surface area contributed by atoms with Crippen LogP contribution in [0.15, 0.2) is 29.2 Å². The number of Topliss-reactive ketones (excluding diaryl/α,β-unsaturated/α-hetero) is 1. The lowest BCUT2D eigenvalue weighted by Gasteiger charge is -1.99. The SMILES string of the molecule is CC#CC(=O)CS(=O)c1ccc(C)cc1. The minimum atomic E-state index is -1.28. The Morgan fingerprint density at radius 3 is 2.47 bits per heavy atom. The Morgan fingerprint density at radius 2 is 1.93 bits per heavy atom. The second kappa shape index (κ2) is 5.47. The van der Waals surface area contributed by atoms with Crippen LogP contribution < -0.4 is 0 Å². The molecule has 0 fully saturated rings. The maximum atomic E-state index is 11.7. The molecule has 1 aromatic rings.